The molecule has 0 bridgehead atoms. The Kier molecular flexibility index (Phi) is 5.62. The largest absolute Gasteiger partial charge is 0.481 e. The minimum atomic E-state index is -3.52. The number of nitrogens with one attached hydrogen (secondary N) is 1. The quantitative estimate of drug-likeness (QED) is 0.811. The van der Waals surface area contributed by atoms with Crippen LogP contribution < -0.4 is 5.32 Å². The molecule has 8 heteroatoms. The molecule has 0 aromatic heterocycles. The molecule has 1 saturated carbocycles. The maximum atomic E-state index is 12.6. The molecule has 2 N–H and O–H groups in total. The third-order valence-corrected chi connectivity index (χ3v) is 7.13. The molecule has 1 heterocycles. The van der Waals surface area contributed by atoms with Crippen LogP contribution in [0.5, 0.6) is 0 Å². The van der Waals surface area contributed by atoms with Crippen molar-refractivity contribution in [3.05, 3.63) is 29.8 Å². The predicted molar refractivity (Wildman–Crippen MR) is 95.3 cm³/mol. The minimum Gasteiger partial charge on any atom is -0.481 e. The average molecular weight is 380 g/mol. The Balaban J connectivity index is 1.69. The number of carbonyl (C=O) groups is 2. The molecule has 3 rings (SSSR count). The van der Waals surface area contributed by atoms with Crippen molar-refractivity contribution in [2.24, 2.45) is 5.92 Å². The summed E-state index contributed by atoms with van der Waals surface area (Å²) in [5.41, 5.74) is 0.332. The van der Waals surface area contributed by atoms with Crippen LogP contribution in [0.4, 0.5) is 0 Å². The molecule has 1 amide bonds. The van der Waals surface area contributed by atoms with Crippen molar-refractivity contribution in [1.29, 1.82) is 0 Å². The minimum absolute atomic E-state index is 0.181. The van der Waals surface area contributed by atoms with Crippen LogP contribution in [0.25, 0.3) is 0 Å². The number of sulfonamides is 1. The first-order valence-corrected chi connectivity index (χ1v) is 10.5. The molecule has 2 aliphatic rings. The molecule has 142 valence electrons. The summed E-state index contributed by atoms with van der Waals surface area (Å²) >= 11 is 0. The van der Waals surface area contributed by atoms with E-state index in [4.69, 9.17) is 0 Å². The molecule has 1 aliphatic heterocycles. The van der Waals surface area contributed by atoms with Crippen LogP contribution in [0.1, 0.15) is 48.9 Å². The van der Waals surface area contributed by atoms with E-state index in [1.54, 1.807) is 0 Å². The second kappa shape index (κ2) is 7.75. The van der Waals surface area contributed by atoms with Gasteiger partial charge in [0.2, 0.25) is 10.0 Å². The third-order valence-electron chi connectivity index (χ3n) is 5.22. The lowest BCUT2D eigenvalue weighted by Crippen LogP contribution is -2.40. The fourth-order valence-electron chi connectivity index (χ4n) is 3.71. The van der Waals surface area contributed by atoms with Gasteiger partial charge in [-0.15, -0.1) is 0 Å². The molecule has 1 saturated heterocycles. The van der Waals surface area contributed by atoms with Gasteiger partial charge in [0, 0.05) is 24.7 Å². The van der Waals surface area contributed by atoms with Gasteiger partial charge in [0.05, 0.1) is 10.8 Å². The summed E-state index contributed by atoms with van der Waals surface area (Å²) < 4.78 is 26.7. The number of amides is 1. The third kappa shape index (κ3) is 3.91. The van der Waals surface area contributed by atoms with Gasteiger partial charge in [-0.25, -0.2) is 8.42 Å². The summed E-state index contributed by atoms with van der Waals surface area (Å²) in [7, 11) is -3.52. The average Bonchev–Trinajstić information content (AvgIpc) is 3.11. The van der Waals surface area contributed by atoms with Gasteiger partial charge in [0.1, 0.15) is 0 Å². The maximum Gasteiger partial charge on any atom is 0.308 e. The van der Waals surface area contributed by atoms with Crippen molar-refractivity contribution in [3.63, 3.8) is 0 Å². The van der Waals surface area contributed by atoms with E-state index in [-0.39, 0.29) is 16.8 Å². The van der Waals surface area contributed by atoms with Crippen LogP contribution in [0.3, 0.4) is 0 Å². The molecule has 1 aromatic carbocycles. The zero-order valence-electron chi connectivity index (χ0n) is 14.6. The number of carbonyl (C=O) groups excluding carboxylic acids is 1. The van der Waals surface area contributed by atoms with Crippen molar-refractivity contribution < 1.29 is 23.1 Å². The highest BCUT2D eigenvalue weighted by Crippen LogP contribution is 2.26. The van der Waals surface area contributed by atoms with Crippen molar-refractivity contribution in [1.82, 2.24) is 9.62 Å². The summed E-state index contributed by atoms with van der Waals surface area (Å²) in [5.74, 6) is -1.82. The van der Waals surface area contributed by atoms with E-state index in [0.29, 0.717) is 31.5 Å². The Bertz CT molecular complexity index is 769. The highest BCUT2D eigenvalue weighted by molar-refractivity contribution is 7.89. The van der Waals surface area contributed by atoms with E-state index in [2.05, 4.69) is 5.32 Å². The summed E-state index contributed by atoms with van der Waals surface area (Å²) in [6.45, 7) is 1.06. The number of hydrogen-bond acceptors (Lipinski definition) is 4. The fourth-order valence-corrected chi connectivity index (χ4v) is 5.23. The summed E-state index contributed by atoms with van der Waals surface area (Å²) in [6.07, 6.45) is 4.76. The van der Waals surface area contributed by atoms with Crippen molar-refractivity contribution in [2.45, 2.75) is 49.5 Å². The second-order valence-electron chi connectivity index (χ2n) is 6.94. The molecule has 2 atom stereocenters. The monoisotopic (exact) mass is 380 g/mol. The zero-order valence-corrected chi connectivity index (χ0v) is 15.4. The van der Waals surface area contributed by atoms with E-state index in [1.807, 2.05) is 0 Å². The lowest BCUT2D eigenvalue weighted by Gasteiger charge is -2.25. The van der Waals surface area contributed by atoms with E-state index in [0.717, 1.165) is 25.7 Å². The highest BCUT2D eigenvalue weighted by Gasteiger charge is 2.34. The summed E-state index contributed by atoms with van der Waals surface area (Å²) in [5, 5.41) is 12.0. The number of carboxylic acid groups (broad SMARTS) is 1. The molecule has 0 spiro atoms. The fraction of sp³-hybridized carbons (Fsp3) is 0.556. The van der Waals surface area contributed by atoms with Gasteiger partial charge in [-0.05, 0) is 49.9 Å². The summed E-state index contributed by atoms with van der Waals surface area (Å²) in [4.78, 5) is 23.8. The molecule has 0 radical (unpaired) electrons. The number of nitrogens with zero attached hydrogens (tertiary/aromatic N) is 1. The van der Waals surface area contributed by atoms with E-state index in [1.165, 1.54) is 28.6 Å². The normalized spacial score (nSPS) is 24.3. The first kappa shape index (κ1) is 18.8. The van der Waals surface area contributed by atoms with Gasteiger partial charge >= 0.3 is 5.97 Å². The molecule has 0 unspecified atom stereocenters. The Labute approximate surface area is 153 Å². The standard InChI is InChI=1S/C18H24N2O5S/c21-17(19-16-6-4-5-15(16)18(22)23)13-7-9-14(10-8-13)26(24,25)20-11-2-1-3-12-20/h7-10,15-16H,1-6,11-12H2,(H,19,21)(H,22,23)/t15-,16+/m1/s1. The van der Waals surface area contributed by atoms with Crippen LogP contribution in [0, 0.1) is 5.92 Å². The number of rotatable bonds is 5. The van der Waals surface area contributed by atoms with Gasteiger partial charge in [0.15, 0.2) is 0 Å². The smallest absolute Gasteiger partial charge is 0.308 e. The van der Waals surface area contributed by atoms with Crippen molar-refractivity contribution in [2.75, 3.05) is 13.1 Å². The Morgan fingerprint density at radius 1 is 1.00 bits per heavy atom. The van der Waals surface area contributed by atoms with E-state index >= 15 is 0 Å². The lowest BCUT2D eigenvalue weighted by molar-refractivity contribution is -0.142. The molecule has 1 aliphatic carbocycles. The second-order valence-corrected chi connectivity index (χ2v) is 8.88. The van der Waals surface area contributed by atoms with E-state index < -0.39 is 21.9 Å². The lowest BCUT2D eigenvalue weighted by atomic mass is 10.0. The van der Waals surface area contributed by atoms with Crippen molar-refractivity contribution >= 4 is 21.9 Å². The van der Waals surface area contributed by atoms with Gasteiger partial charge in [-0.2, -0.15) is 4.31 Å². The van der Waals surface area contributed by atoms with Gasteiger partial charge in [0.25, 0.3) is 5.91 Å². The Hall–Kier alpha value is -1.93. The highest BCUT2D eigenvalue weighted by atomic mass is 32.2. The molecular formula is C18H24N2O5S. The molecular weight excluding hydrogens is 356 g/mol. The Morgan fingerprint density at radius 2 is 1.65 bits per heavy atom. The predicted octanol–water partition coefficient (Wildman–Crippen LogP) is 1.84. The van der Waals surface area contributed by atoms with Crippen LogP contribution in [-0.2, 0) is 14.8 Å². The first-order chi connectivity index (χ1) is 12.4. The van der Waals surface area contributed by atoms with Crippen LogP contribution in [-0.4, -0.2) is 48.8 Å². The molecule has 2 fully saturated rings. The van der Waals surface area contributed by atoms with Gasteiger partial charge in [-0.1, -0.05) is 12.8 Å². The molecule has 7 nitrogen and oxygen atoms in total. The number of carboxylic acids is 1. The van der Waals surface area contributed by atoms with Crippen LogP contribution in [0.15, 0.2) is 29.2 Å². The zero-order chi connectivity index (χ0) is 18.7. The number of benzene rings is 1. The number of aliphatic carboxylic acids is 1. The maximum absolute atomic E-state index is 12.6. The topological polar surface area (TPSA) is 104 Å². The summed E-state index contributed by atoms with van der Waals surface area (Å²) in [6, 6.07) is 5.48. The number of piperidine rings is 1. The Morgan fingerprint density at radius 3 is 2.27 bits per heavy atom. The van der Waals surface area contributed by atoms with Crippen LogP contribution in [0.2, 0.25) is 0 Å². The first-order valence-electron chi connectivity index (χ1n) is 9.03. The van der Waals surface area contributed by atoms with Gasteiger partial charge < -0.3 is 10.4 Å². The SMILES string of the molecule is O=C(N[C@H]1CCC[C@H]1C(=O)O)c1ccc(S(=O)(=O)N2CCCCC2)cc1. The molecule has 26 heavy (non-hydrogen) atoms. The molecule has 1 aromatic rings. The van der Waals surface area contributed by atoms with Gasteiger partial charge in [-0.3, -0.25) is 9.59 Å². The number of hydrogen-bond donors (Lipinski definition) is 2. The van der Waals surface area contributed by atoms with Crippen LogP contribution >= 0.6 is 0 Å². The van der Waals surface area contributed by atoms with E-state index in [9.17, 15) is 23.1 Å². The van der Waals surface area contributed by atoms with Crippen molar-refractivity contribution in [3.8, 4) is 0 Å².